The Hall–Kier alpha value is -3.23. The molecule has 2 unspecified atom stereocenters. The van der Waals surface area contributed by atoms with Crippen molar-refractivity contribution < 1.29 is 24.6 Å². The molecule has 4 atom stereocenters. The summed E-state index contributed by atoms with van der Waals surface area (Å²) in [4.78, 5) is 34.2. The van der Waals surface area contributed by atoms with E-state index in [4.69, 9.17) is 16.4 Å². The van der Waals surface area contributed by atoms with Gasteiger partial charge in [0.1, 0.15) is 0 Å². The molecule has 3 aromatic carbocycles. The number of fused-ring (bicyclic) bond motifs is 1. The Kier molecular flexibility index (Phi) is 7.83. The van der Waals surface area contributed by atoms with E-state index in [1.165, 1.54) is 11.8 Å². The van der Waals surface area contributed by atoms with Crippen LogP contribution in [0.5, 0.6) is 0 Å². The van der Waals surface area contributed by atoms with Gasteiger partial charge in [0.25, 0.3) is 11.8 Å². The number of rotatable bonds is 8. The van der Waals surface area contributed by atoms with E-state index in [1.807, 2.05) is 30.3 Å². The van der Waals surface area contributed by atoms with Crippen molar-refractivity contribution in [3.05, 3.63) is 106 Å². The van der Waals surface area contributed by atoms with Crippen molar-refractivity contribution >= 4 is 23.4 Å². The van der Waals surface area contributed by atoms with Gasteiger partial charge < -0.3 is 15.1 Å². The Bertz CT molecular complexity index is 1170. The maximum atomic E-state index is 13.7. The highest BCUT2D eigenvalue weighted by molar-refractivity contribution is 6.30. The van der Waals surface area contributed by atoms with Crippen LogP contribution in [0.3, 0.4) is 0 Å². The van der Waals surface area contributed by atoms with Crippen molar-refractivity contribution in [2.24, 2.45) is 0 Å². The molecule has 0 fully saturated rings. The third-order valence-electron chi connectivity index (χ3n) is 6.23. The predicted octanol–water partition coefficient (Wildman–Crippen LogP) is 3.61. The van der Waals surface area contributed by atoms with Crippen LogP contribution in [-0.4, -0.2) is 45.7 Å². The first-order valence-corrected chi connectivity index (χ1v) is 11.7. The fourth-order valence-corrected chi connectivity index (χ4v) is 4.64. The lowest BCUT2D eigenvalue weighted by Crippen LogP contribution is -2.55. The first-order chi connectivity index (χ1) is 16.9. The number of aliphatic hydroxyl groups is 2. The van der Waals surface area contributed by atoms with Crippen molar-refractivity contribution in [3.63, 3.8) is 0 Å². The average molecular weight is 495 g/mol. The molecule has 1 aliphatic heterocycles. The molecule has 35 heavy (non-hydrogen) atoms. The average Bonchev–Trinajstić information content (AvgIpc) is 2.86. The normalized spacial score (nSPS) is 19.1. The summed E-state index contributed by atoms with van der Waals surface area (Å²) in [5.74, 6) is -1.70. The fourth-order valence-electron chi connectivity index (χ4n) is 4.51. The van der Waals surface area contributed by atoms with Gasteiger partial charge in [-0.25, -0.2) is 5.48 Å². The number of amides is 2. The van der Waals surface area contributed by atoms with Gasteiger partial charge in [-0.05, 0) is 41.8 Å². The molecular formula is C27H27ClN2O5. The Morgan fingerprint density at radius 2 is 1.71 bits per heavy atom. The number of carbonyl (C=O) groups is 2. The number of hydrogen-bond acceptors (Lipinski definition) is 5. The van der Waals surface area contributed by atoms with Gasteiger partial charge in [-0.1, -0.05) is 72.3 Å². The third kappa shape index (κ3) is 5.23. The van der Waals surface area contributed by atoms with Crippen molar-refractivity contribution in [2.75, 3.05) is 6.61 Å². The largest absolute Gasteiger partial charge is 0.394 e. The summed E-state index contributed by atoms with van der Waals surface area (Å²) in [6.45, 7) is 1.20. The maximum absolute atomic E-state index is 13.7. The molecule has 0 saturated carbocycles. The number of benzene rings is 3. The van der Waals surface area contributed by atoms with E-state index >= 15 is 0 Å². The molecule has 1 heterocycles. The molecule has 182 valence electrons. The number of hydrogen-bond donors (Lipinski definition) is 3. The first kappa shape index (κ1) is 24.9. The summed E-state index contributed by atoms with van der Waals surface area (Å²) in [6, 6.07) is 21.4. The van der Waals surface area contributed by atoms with Gasteiger partial charge in [-0.2, -0.15) is 0 Å². The van der Waals surface area contributed by atoms with Crippen LogP contribution < -0.4 is 5.48 Å². The van der Waals surface area contributed by atoms with Crippen LogP contribution in [0.2, 0.25) is 5.02 Å². The van der Waals surface area contributed by atoms with Gasteiger partial charge in [-0.3, -0.25) is 14.4 Å². The molecule has 0 spiro atoms. The standard InChI is InChI=1S/C27H27ClN2O5/c1-17(32)23(15-31)30-25(19-11-13-20(28)14-12-19)24(21-9-5-6-10-22(21)27(30)34)26(33)29-35-16-18-7-3-2-4-8-18/h2-14,17,23-25,31-32H,15-16H2,1H3,(H,29,33)/t17-,23+,24?,25?/m1/s1. The molecule has 3 N–H and O–H groups in total. The zero-order chi connectivity index (χ0) is 24.9. The van der Waals surface area contributed by atoms with E-state index in [-0.39, 0.29) is 12.5 Å². The molecule has 0 saturated heterocycles. The van der Waals surface area contributed by atoms with Crippen LogP contribution >= 0.6 is 11.6 Å². The number of halogens is 1. The monoisotopic (exact) mass is 494 g/mol. The van der Waals surface area contributed by atoms with Crippen LogP contribution in [0.4, 0.5) is 0 Å². The Morgan fingerprint density at radius 1 is 1.06 bits per heavy atom. The lowest BCUT2D eigenvalue weighted by molar-refractivity contribution is -0.138. The number of nitrogens with one attached hydrogen (secondary N) is 1. The molecule has 8 heteroatoms. The second-order valence-electron chi connectivity index (χ2n) is 8.50. The predicted molar refractivity (Wildman–Crippen MR) is 131 cm³/mol. The summed E-state index contributed by atoms with van der Waals surface area (Å²) in [5, 5.41) is 21.1. The zero-order valence-corrected chi connectivity index (χ0v) is 19.9. The van der Waals surface area contributed by atoms with E-state index in [0.29, 0.717) is 21.7 Å². The van der Waals surface area contributed by atoms with Gasteiger partial charge in [0.2, 0.25) is 0 Å². The number of nitrogens with zero attached hydrogens (tertiary/aromatic N) is 1. The van der Waals surface area contributed by atoms with E-state index < -0.39 is 36.6 Å². The van der Waals surface area contributed by atoms with Gasteiger partial charge in [0.05, 0.1) is 37.3 Å². The number of hydroxylamine groups is 1. The van der Waals surface area contributed by atoms with Crippen LogP contribution in [0, 0.1) is 0 Å². The molecule has 0 aliphatic carbocycles. The van der Waals surface area contributed by atoms with E-state index in [1.54, 1.807) is 48.5 Å². The maximum Gasteiger partial charge on any atom is 0.255 e. The van der Waals surface area contributed by atoms with Gasteiger partial charge in [0, 0.05) is 10.6 Å². The van der Waals surface area contributed by atoms with Crippen LogP contribution in [0.15, 0.2) is 78.9 Å². The molecule has 1 aliphatic rings. The van der Waals surface area contributed by atoms with Crippen molar-refractivity contribution in [1.82, 2.24) is 10.4 Å². The topological polar surface area (TPSA) is 99.1 Å². The second-order valence-corrected chi connectivity index (χ2v) is 8.94. The van der Waals surface area contributed by atoms with Gasteiger partial charge >= 0.3 is 0 Å². The number of carbonyl (C=O) groups excluding carboxylic acids is 2. The molecule has 0 radical (unpaired) electrons. The lowest BCUT2D eigenvalue weighted by atomic mass is 9.78. The van der Waals surface area contributed by atoms with Crippen LogP contribution in [-0.2, 0) is 16.2 Å². The number of aliphatic hydroxyl groups excluding tert-OH is 2. The van der Waals surface area contributed by atoms with Crippen molar-refractivity contribution in [1.29, 1.82) is 0 Å². The summed E-state index contributed by atoms with van der Waals surface area (Å²) in [5.41, 5.74) is 4.94. The van der Waals surface area contributed by atoms with Crippen LogP contribution in [0.25, 0.3) is 0 Å². The summed E-state index contributed by atoms with van der Waals surface area (Å²) < 4.78 is 0. The summed E-state index contributed by atoms with van der Waals surface area (Å²) in [7, 11) is 0. The highest BCUT2D eigenvalue weighted by Crippen LogP contribution is 2.44. The Balaban J connectivity index is 1.76. The van der Waals surface area contributed by atoms with E-state index in [2.05, 4.69) is 5.48 Å². The van der Waals surface area contributed by atoms with Crippen LogP contribution in [0.1, 0.15) is 45.9 Å². The minimum atomic E-state index is -1.04. The quantitative estimate of drug-likeness (QED) is 0.415. The molecular weight excluding hydrogens is 468 g/mol. The van der Waals surface area contributed by atoms with E-state index in [0.717, 1.165) is 5.56 Å². The molecule has 2 amide bonds. The summed E-state index contributed by atoms with van der Waals surface area (Å²) >= 11 is 6.10. The van der Waals surface area contributed by atoms with Gasteiger partial charge in [0.15, 0.2) is 0 Å². The van der Waals surface area contributed by atoms with Crippen molar-refractivity contribution in [2.45, 2.75) is 37.6 Å². The lowest BCUT2D eigenvalue weighted by Gasteiger charge is -2.45. The Morgan fingerprint density at radius 3 is 2.37 bits per heavy atom. The third-order valence-corrected chi connectivity index (χ3v) is 6.48. The minimum Gasteiger partial charge on any atom is -0.394 e. The fraction of sp³-hybridized carbons (Fsp3) is 0.259. The molecule has 3 aromatic rings. The molecule has 0 bridgehead atoms. The molecule has 7 nitrogen and oxygen atoms in total. The highest BCUT2D eigenvalue weighted by atomic mass is 35.5. The SMILES string of the molecule is C[C@@H](O)[C@H](CO)N1C(=O)c2ccccc2C(C(=O)NOCc2ccccc2)C1c1ccc(Cl)cc1. The summed E-state index contributed by atoms with van der Waals surface area (Å²) in [6.07, 6.45) is -1.04. The second kappa shape index (κ2) is 11.0. The van der Waals surface area contributed by atoms with E-state index in [9.17, 15) is 19.8 Å². The zero-order valence-electron chi connectivity index (χ0n) is 19.2. The highest BCUT2D eigenvalue weighted by Gasteiger charge is 2.47. The molecule has 0 aromatic heterocycles. The van der Waals surface area contributed by atoms with Crippen molar-refractivity contribution in [3.8, 4) is 0 Å². The minimum absolute atomic E-state index is 0.169. The Labute approximate surface area is 208 Å². The molecule has 4 rings (SSSR count). The first-order valence-electron chi connectivity index (χ1n) is 11.3. The van der Waals surface area contributed by atoms with Gasteiger partial charge in [-0.15, -0.1) is 0 Å². The smallest absolute Gasteiger partial charge is 0.255 e.